The molecule has 0 radical (unpaired) electrons. The fourth-order valence-electron chi connectivity index (χ4n) is 2.78. The van der Waals surface area contributed by atoms with Gasteiger partial charge in [0.2, 0.25) is 5.91 Å². The number of carbonyl (C=O) groups is 1. The maximum atomic E-state index is 12.1. The molecule has 1 aromatic rings. The van der Waals surface area contributed by atoms with Gasteiger partial charge in [-0.2, -0.15) is 5.10 Å². The molecular formula is C13H23ClN4O. The Labute approximate surface area is 120 Å². The first-order chi connectivity index (χ1) is 8.65. The molecule has 1 aromatic heterocycles. The summed E-state index contributed by atoms with van der Waals surface area (Å²) in [5.41, 5.74) is 5.91. The van der Waals surface area contributed by atoms with Crippen LogP contribution in [0.25, 0.3) is 0 Å². The van der Waals surface area contributed by atoms with E-state index in [0.29, 0.717) is 13.0 Å². The molecule has 1 aliphatic rings. The maximum Gasteiger partial charge on any atom is 0.226 e. The predicted octanol–water partition coefficient (Wildman–Crippen LogP) is 2.08. The van der Waals surface area contributed by atoms with Crippen molar-refractivity contribution in [3.63, 3.8) is 0 Å². The molecule has 3 N–H and O–H groups in total. The number of nitrogens with one attached hydrogen (secondary N) is 1. The van der Waals surface area contributed by atoms with Gasteiger partial charge in [-0.05, 0) is 24.8 Å². The van der Waals surface area contributed by atoms with E-state index in [0.717, 1.165) is 18.7 Å². The molecule has 1 amide bonds. The minimum Gasteiger partial charge on any atom is -0.330 e. The molecule has 1 saturated carbocycles. The van der Waals surface area contributed by atoms with Gasteiger partial charge in [0, 0.05) is 19.5 Å². The van der Waals surface area contributed by atoms with Crippen molar-refractivity contribution in [2.45, 2.75) is 38.5 Å². The van der Waals surface area contributed by atoms with Crippen molar-refractivity contribution in [2.75, 3.05) is 11.9 Å². The first-order valence-corrected chi connectivity index (χ1v) is 6.63. The van der Waals surface area contributed by atoms with Gasteiger partial charge in [0.1, 0.15) is 5.82 Å². The Morgan fingerprint density at radius 3 is 2.68 bits per heavy atom. The second kappa shape index (κ2) is 6.91. The quantitative estimate of drug-likeness (QED) is 0.890. The van der Waals surface area contributed by atoms with Crippen LogP contribution in [-0.4, -0.2) is 22.2 Å². The number of amides is 1. The van der Waals surface area contributed by atoms with E-state index in [1.54, 1.807) is 16.9 Å². The molecule has 0 bridgehead atoms. The third kappa shape index (κ3) is 3.94. The highest BCUT2D eigenvalue weighted by molar-refractivity contribution is 5.90. The average molecular weight is 287 g/mol. The summed E-state index contributed by atoms with van der Waals surface area (Å²) in [6.07, 6.45) is 7.99. The average Bonchev–Trinajstić information content (AvgIpc) is 2.76. The Morgan fingerprint density at radius 1 is 1.47 bits per heavy atom. The largest absolute Gasteiger partial charge is 0.330 e. The Hall–Kier alpha value is -1.07. The van der Waals surface area contributed by atoms with Crippen molar-refractivity contribution in [1.82, 2.24) is 9.78 Å². The van der Waals surface area contributed by atoms with E-state index in [-0.39, 0.29) is 23.7 Å². The molecule has 0 aromatic carbocycles. The summed E-state index contributed by atoms with van der Waals surface area (Å²) in [5, 5.41) is 6.93. The lowest BCUT2D eigenvalue weighted by molar-refractivity contribution is -0.118. The smallest absolute Gasteiger partial charge is 0.226 e. The van der Waals surface area contributed by atoms with Gasteiger partial charge in [0.05, 0.1) is 6.20 Å². The highest BCUT2D eigenvalue weighted by Crippen LogP contribution is 2.38. The van der Waals surface area contributed by atoms with E-state index in [4.69, 9.17) is 5.73 Å². The highest BCUT2D eigenvalue weighted by Gasteiger charge is 2.33. The van der Waals surface area contributed by atoms with Gasteiger partial charge in [0.25, 0.3) is 0 Å². The first-order valence-electron chi connectivity index (χ1n) is 6.63. The Balaban J connectivity index is 0.00000180. The molecule has 0 aliphatic heterocycles. The molecular weight excluding hydrogens is 264 g/mol. The van der Waals surface area contributed by atoms with Crippen LogP contribution >= 0.6 is 12.4 Å². The van der Waals surface area contributed by atoms with E-state index in [9.17, 15) is 4.79 Å². The minimum atomic E-state index is 0. The summed E-state index contributed by atoms with van der Waals surface area (Å²) >= 11 is 0. The first kappa shape index (κ1) is 16.0. The van der Waals surface area contributed by atoms with E-state index >= 15 is 0 Å². The number of nitrogens with two attached hydrogens (primary N) is 1. The number of carbonyl (C=O) groups excluding carboxylic acids is 1. The second-order valence-electron chi connectivity index (χ2n) is 5.33. The monoisotopic (exact) mass is 286 g/mol. The fraction of sp³-hybridized carbons (Fsp3) is 0.692. The van der Waals surface area contributed by atoms with Crippen molar-refractivity contribution in [2.24, 2.45) is 18.2 Å². The number of nitrogens with zero attached hydrogens (tertiary/aromatic N) is 2. The zero-order chi connectivity index (χ0) is 13.0. The molecule has 2 rings (SSSR count). The molecule has 1 fully saturated rings. The molecule has 1 heterocycles. The van der Waals surface area contributed by atoms with E-state index in [1.807, 2.05) is 7.05 Å². The standard InChI is InChI=1S/C13H22N4O.ClH/c1-17-11(5-8-15-17)16-12(18)9-13(10-14)6-3-2-4-7-13;/h5,8H,2-4,6-7,9-10,14H2,1H3,(H,16,18);1H. The molecule has 6 heteroatoms. The number of hydrogen-bond donors (Lipinski definition) is 2. The lowest BCUT2D eigenvalue weighted by atomic mass is 9.71. The van der Waals surface area contributed by atoms with Crippen LogP contribution in [0.5, 0.6) is 0 Å². The number of aryl methyl sites for hydroxylation is 1. The Kier molecular flexibility index (Phi) is 5.82. The Bertz CT molecular complexity index is 413. The summed E-state index contributed by atoms with van der Waals surface area (Å²) in [6, 6.07) is 1.80. The van der Waals surface area contributed by atoms with Crippen molar-refractivity contribution in [1.29, 1.82) is 0 Å². The molecule has 0 saturated heterocycles. The van der Waals surface area contributed by atoms with Crippen LogP contribution in [0.2, 0.25) is 0 Å². The third-order valence-corrected chi connectivity index (χ3v) is 3.97. The van der Waals surface area contributed by atoms with Gasteiger partial charge in [-0.15, -0.1) is 12.4 Å². The number of aromatic nitrogens is 2. The highest BCUT2D eigenvalue weighted by atomic mass is 35.5. The van der Waals surface area contributed by atoms with Crippen LogP contribution in [0, 0.1) is 5.41 Å². The molecule has 0 unspecified atom stereocenters. The van der Waals surface area contributed by atoms with E-state index in [1.165, 1.54) is 19.3 Å². The summed E-state index contributed by atoms with van der Waals surface area (Å²) in [7, 11) is 1.81. The zero-order valence-electron chi connectivity index (χ0n) is 11.4. The SMILES string of the molecule is Cl.Cn1nccc1NC(=O)CC1(CN)CCCCC1. The van der Waals surface area contributed by atoms with Gasteiger partial charge in [-0.3, -0.25) is 9.48 Å². The lowest BCUT2D eigenvalue weighted by Crippen LogP contribution is -2.36. The van der Waals surface area contributed by atoms with Crippen molar-refractivity contribution in [3.8, 4) is 0 Å². The molecule has 108 valence electrons. The van der Waals surface area contributed by atoms with Crippen molar-refractivity contribution < 1.29 is 4.79 Å². The summed E-state index contributed by atoms with van der Waals surface area (Å²) in [4.78, 5) is 12.1. The van der Waals surface area contributed by atoms with Gasteiger partial charge in [-0.25, -0.2) is 0 Å². The number of halogens is 1. The fourth-order valence-corrected chi connectivity index (χ4v) is 2.78. The lowest BCUT2D eigenvalue weighted by Gasteiger charge is -2.35. The number of hydrogen-bond acceptors (Lipinski definition) is 3. The maximum absolute atomic E-state index is 12.1. The van der Waals surface area contributed by atoms with Crippen molar-refractivity contribution >= 4 is 24.1 Å². The molecule has 19 heavy (non-hydrogen) atoms. The number of rotatable bonds is 4. The van der Waals surface area contributed by atoms with Crippen LogP contribution < -0.4 is 11.1 Å². The van der Waals surface area contributed by atoms with Crippen LogP contribution in [0.4, 0.5) is 5.82 Å². The second-order valence-corrected chi connectivity index (χ2v) is 5.33. The van der Waals surface area contributed by atoms with Gasteiger partial charge in [0.15, 0.2) is 0 Å². The molecule has 5 nitrogen and oxygen atoms in total. The van der Waals surface area contributed by atoms with Gasteiger partial charge < -0.3 is 11.1 Å². The summed E-state index contributed by atoms with van der Waals surface area (Å²) in [5.74, 6) is 0.786. The predicted molar refractivity (Wildman–Crippen MR) is 78.3 cm³/mol. The van der Waals surface area contributed by atoms with E-state index in [2.05, 4.69) is 10.4 Å². The van der Waals surface area contributed by atoms with Crippen LogP contribution in [-0.2, 0) is 11.8 Å². The summed E-state index contributed by atoms with van der Waals surface area (Å²) < 4.78 is 1.66. The van der Waals surface area contributed by atoms with E-state index < -0.39 is 0 Å². The number of anilines is 1. The summed E-state index contributed by atoms with van der Waals surface area (Å²) in [6.45, 7) is 0.603. The molecule has 0 atom stereocenters. The van der Waals surface area contributed by atoms with Crippen LogP contribution in [0.3, 0.4) is 0 Å². The Morgan fingerprint density at radius 2 is 2.16 bits per heavy atom. The van der Waals surface area contributed by atoms with Gasteiger partial charge in [-0.1, -0.05) is 19.3 Å². The van der Waals surface area contributed by atoms with Crippen LogP contribution in [0.15, 0.2) is 12.3 Å². The van der Waals surface area contributed by atoms with Crippen LogP contribution in [0.1, 0.15) is 38.5 Å². The van der Waals surface area contributed by atoms with Crippen molar-refractivity contribution in [3.05, 3.63) is 12.3 Å². The topological polar surface area (TPSA) is 72.9 Å². The normalized spacial score (nSPS) is 17.6. The third-order valence-electron chi connectivity index (χ3n) is 3.97. The minimum absolute atomic E-state index is 0. The zero-order valence-corrected chi connectivity index (χ0v) is 12.2. The molecule has 0 spiro atoms. The molecule has 1 aliphatic carbocycles. The van der Waals surface area contributed by atoms with Gasteiger partial charge >= 0.3 is 0 Å².